The van der Waals surface area contributed by atoms with Gasteiger partial charge in [0.2, 0.25) is 0 Å². The predicted octanol–water partition coefficient (Wildman–Crippen LogP) is 1.28. The van der Waals surface area contributed by atoms with E-state index in [1.54, 1.807) is 30.3 Å². The number of rotatable bonds is 4. The molecule has 0 saturated heterocycles. The minimum absolute atomic E-state index is 0.451. The van der Waals surface area contributed by atoms with Gasteiger partial charge in [-0.15, -0.1) is 0 Å². The SMILES string of the molecule is COC(=O)[C@@H](C=O)[C@@H](C#N)c1ccccc1. The van der Waals surface area contributed by atoms with Crippen LogP contribution < -0.4 is 0 Å². The van der Waals surface area contributed by atoms with Crippen molar-refractivity contribution >= 4 is 12.3 Å². The van der Waals surface area contributed by atoms with Gasteiger partial charge in [0.05, 0.1) is 19.1 Å². The summed E-state index contributed by atoms with van der Waals surface area (Å²) >= 11 is 0. The molecular weight excluding hydrogens is 206 g/mol. The Hall–Kier alpha value is -2.15. The first-order valence-corrected chi connectivity index (χ1v) is 4.72. The molecule has 2 atom stereocenters. The molecule has 0 aliphatic heterocycles. The van der Waals surface area contributed by atoms with Crippen molar-refractivity contribution in [3.05, 3.63) is 35.9 Å². The van der Waals surface area contributed by atoms with Gasteiger partial charge in [-0.05, 0) is 5.56 Å². The van der Waals surface area contributed by atoms with Gasteiger partial charge in [-0.2, -0.15) is 5.26 Å². The number of nitrogens with zero attached hydrogens (tertiary/aromatic N) is 1. The molecule has 16 heavy (non-hydrogen) atoms. The third-order valence-corrected chi connectivity index (χ3v) is 2.28. The summed E-state index contributed by atoms with van der Waals surface area (Å²) in [6.07, 6.45) is 0.451. The van der Waals surface area contributed by atoms with Crippen LogP contribution in [0.15, 0.2) is 30.3 Å². The lowest BCUT2D eigenvalue weighted by Crippen LogP contribution is -2.24. The number of benzene rings is 1. The number of aldehydes is 1. The molecule has 82 valence electrons. The minimum Gasteiger partial charge on any atom is -0.468 e. The summed E-state index contributed by atoms with van der Waals surface area (Å²) in [6, 6.07) is 10.7. The van der Waals surface area contributed by atoms with Crippen molar-refractivity contribution in [2.75, 3.05) is 7.11 Å². The fourth-order valence-corrected chi connectivity index (χ4v) is 1.43. The molecule has 0 aliphatic rings. The minimum atomic E-state index is -1.07. The van der Waals surface area contributed by atoms with E-state index in [2.05, 4.69) is 4.74 Å². The Labute approximate surface area is 93.5 Å². The molecule has 0 bridgehead atoms. The Kier molecular flexibility index (Phi) is 4.22. The zero-order valence-electron chi connectivity index (χ0n) is 8.79. The summed E-state index contributed by atoms with van der Waals surface area (Å²) in [4.78, 5) is 22.1. The molecule has 0 heterocycles. The van der Waals surface area contributed by atoms with Crippen LogP contribution in [0.3, 0.4) is 0 Å². The van der Waals surface area contributed by atoms with Crippen molar-refractivity contribution in [3.8, 4) is 6.07 Å². The van der Waals surface area contributed by atoms with Crippen molar-refractivity contribution in [2.24, 2.45) is 5.92 Å². The molecule has 0 fully saturated rings. The van der Waals surface area contributed by atoms with Gasteiger partial charge in [-0.25, -0.2) is 0 Å². The molecule has 4 nitrogen and oxygen atoms in total. The maximum Gasteiger partial charge on any atom is 0.317 e. The highest BCUT2D eigenvalue weighted by atomic mass is 16.5. The molecule has 1 aromatic carbocycles. The average Bonchev–Trinajstić information content (AvgIpc) is 2.36. The number of ether oxygens (including phenoxy) is 1. The lowest BCUT2D eigenvalue weighted by molar-refractivity contribution is -0.147. The molecule has 0 unspecified atom stereocenters. The second kappa shape index (κ2) is 5.66. The van der Waals surface area contributed by atoms with Crippen molar-refractivity contribution in [1.29, 1.82) is 5.26 Å². The van der Waals surface area contributed by atoms with Gasteiger partial charge < -0.3 is 9.53 Å². The third kappa shape index (κ3) is 2.45. The van der Waals surface area contributed by atoms with Crippen molar-refractivity contribution in [1.82, 2.24) is 0 Å². The largest absolute Gasteiger partial charge is 0.468 e. The van der Waals surface area contributed by atoms with E-state index in [0.717, 1.165) is 0 Å². The maximum absolute atomic E-state index is 11.3. The summed E-state index contributed by atoms with van der Waals surface area (Å²) in [5.74, 6) is -2.56. The Morgan fingerprint density at radius 3 is 2.50 bits per heavy atom. The number of esters is 1. The predicted molar refractivity (Wildman–Crippen MR) is 56.4 cm³/mol. The first-order valence-electron chi connectivity index (χ1n) is 4.72. The van der Waals surface area contributed by atoms with Gasteiger partial charge in [0, 0.05) is 0 Å². The van der Waals surface area contributed by atoms with Crippen LogP contribution in [0.5, 0.6) is 0 Å². The van der Waals surface area contributed by atoms with E-state index in [1.807, 2.05) is 6.07 Å². The number of methoxy groups -OCH3 is 1. The first kappa shape index (κ1) is 11.9. The van der Waals surface area contributed by atoms with Gasteiger partial charge in [0.25, 0.3) is 0 Å². The third-order valence-electron chi connectivity index (χ3n) is 2.28. The monoisotopic (exact) mass is 217 g/mol. The van der Waals surface area contributed by atoms with E-state index >= 15 is 0 Å². The van der Waals surface area contributed by atoms with Gasteiger partial charge in [-0.1, -0.05) is 30.3 Å². The fourth-order valence-electron chi connectivity index (χ4n) is 1.43. The Morgan fingerprint density at radius 1 is 1.44 bits per heavy atom. The molecule has 0 N–H and O–H groups in total. The summed E-state index contributed by atoms with van der Waals surface area (Å²) in [5, 5.41) is 9.01. The Balaban J connectivity index is 3.03. The summed E-state index contributed by atoms with van der Waals surface area (Å²) < 4.78 is 4.49. The molecule has 0 amide bonds. The van der Waals surface area contributed by atoms with Gasteiger partial charge in [0.1, 0.15) is 12.2 Å². The van der Waals surface area contributed by atoms with Crippen molar-refractivity contribution in [2.45, 2.75) is 5.92 Å². The molecule has 0 spiro atoms. The zero-order chi connectivity index (χ0) is 12.0. The van der Waals surface area contributed by atoms with Gasteiger partial charge in [-0.3, -0.25) is 4.79 Å². The van der Waals surface area contributed by atoms with Gasteiger partial charge in [0.15, 0.2) is 0 Å². The summed E-state index contributed by atoms with van der Waals surface area (Å²) in [7, 11) is 1.19. The molecule has 0 aromatic heterocycles. The number of hydrogen-bond donors (Lipinski definition) is 0. The molecule has 0 aliphatic carbocycles. The normalized spacial score (nSPS) is 13.2. The van der Waals surface area contributed by atoms with E-state index in [4.69, 9.17) is 5.26 Å². The van der Waals surface area contributed by atoms with Crippen LogP contribution in [0.1, 0.15) is 11.5 Å². The van der Waals surface area contributed by atoms with Crippen LogP contribution in [0.25, 0.3) is 0 Å². The van der Waals surface area contributed by atoms with Crippen LogP contribution in [0.4, 0.5) is 0 Å². The van der Waals surface area contributed by atoms with Gasteiger partial charge >= 0.3 is 5.97 Å². The maximum atomic E-state index is 11.3. The highest BCUT2D eigenvalue weighted by molar-refractivity contribution is 5.89. The number of carbonyl (C=O) groups is 2. The first-order chi connectivity index (χ1) is 7.74. The van der Waals surface area contributed by atoms with E-state index in [-0.39, 0.29) is 0 Å². The zero-order valence-corrected chi connectivity index (χ0v) is 8.79. The average molecular weight is 217 g/mol. The van der Waals surface area contributed by atoms with E-state index < -0.39 is 17.8 Å². The van der Waals surface area contributed by atoms with Crippen LogP contribution >= 0.6 is 0 Å². The van der Waals surface area contributed by atoms with Crippen molar-refractivity contribution in [3.63, 3.8) is 0 Å². The number of carbonyl (C=O) groups excluding carboxylic acids is 2. The van der Waals surface area contributed by atoms with Crippen LogP contribution in [0, 0.1) is 17.2 Å². The second-order valence-electron chi connectivity index (χ2n) is 3.20. The molecule has 1 aromatic rings. The van der Waals surface area contributed by atoms with E-state index in [0.29, 0.717) is 11.8 Å². The summed E-state index contributed by atoms with van der Waals surface area (Å²) in [6.45, 7) is 0. The van der Waals surface area contributed by atoms with E-state index in [1.165, 1.54) is 7.11 Å². The molecular formula is C12H11NO3. The lowest BCUT2D eigenvalue weighted by atomic mass is 9.88. The highest BCUT2D eigenvalue weighted by Crippen LogP contribution is 2.23. The Morgan fingerprint density at radius 2 is 2.06 bits per heavy atom. The quantitative estimate of drug-likeness (QED) is 0.433. The highest BCUT2D eigenvalue weighted by Gasteiger charge is 2.30. The molecule has 0 radical (unpaired) electrons. The smallest absolute Gasteiger partial charge is 0.317 e. The standard InChI is InChI=1S/C12H11NO3/c1-16-12(15)11(8-14)10(7-13)9-5-3-2-4-6-9/h2-6,8,10-11H,1H3/t10-,11-/m0/s1. The van der Waals surface area contributed by atoms with E-state index in [9.17, 15) is 9.59 Å². The molecule has 4 heteroatoms. The lowest BCUT2D eigenvalue weighted by Gasteiger charge is -2.14. The van der Waals surface area contributed by atoms with Crippen LogP contribution in [-0.4, -0.2) is 19.4 Å². The van der Waals surface area contributed by atoms with Crippen LogP contribution in [-0.2, 0) is 14.3 Å². The molecule has 0 saturated carbocycles. The Bertz CT molecular complexity index is 408. The summed E-state index contributed by atoms with van der Waals surface area (Å²) in [5.41, 5.74) is 0.632. The second-order valence-corrected chi connectivity index (χ2v) is 3.20. The van der Waals surface area contributed by atoms with Crippen LogP contribution in [0.2, 0.25) is 0 Å². The van der Waals surface area contributed by atoms with Crippen molar-refractivity contribution < 1.29 is 14.3 Å². The number of nitriles is 1. The molecule has 1 rings (SSSR count). The number of hydrogen-bond acceptors (Lipinski definition) is 4. The fraction of sp³-hybridized carbons (Fsp3) is 0.250. The topological polar surface area (TPSA) is 67.2 Å².